The van der Waals surface area contributed by atoms with Gasteiger partial charge in [0, 0.05) is 0 Å². The number of aromatic amines is 1. The van der Waals surface area contributed by atoms with Gasteiger partial charge in [0.2, 0.25) is 0 Å². The monoisotopic (exact) mass is 281 g/mol. The molecule has 0 saturated heterocycles. The van der Waals surface area contributed by atoms with E-state index in [1.165, 1.54) is 0 Å². The quantitative estimate of drug-likeness (QED) is 0.883. The van der Waals surface area contributed by atoms with Crippen molar-refractivity contribution >= 4 is 40.0 Å². The van der Waals surface area contributed by atoms with Crippen LogP contribution < -0.4 is 5.43 Å². The standard InChI is InChI=1S/C10H11N5.BrH/c1-2-9-10(13-6-12-9)5-8(1)14-15-4-3-11-7-15;/h1-2,5-7,14H,3-4H2,(H,12,13);1H. The highest BCUT2D eigenvalue weighted by Crippen LogP contribution is 2.16. The molecule has 0 amide bonds. The molecule has 2 N–H and O–H groups in total. The van der Waals surface area contributed by atoms with Crippen molar-refractivity contribution in [1.29, 1.82) is 0 Å². The van der Waals surface area contributed by atoms with Crippen molar-refractivity contribution in [1.82, 2.24) is 15.0 Å². The molecule has 0 radical (unpaired) electrons. The van der Waals surface area contributed by atoms with E-state index in [-0.39, 0.29) is 17.0 Å². The number of H-pyrrole nitrogens is 1. The highest BCUT2D eigenvalue weighted by Gasteiger charge is 2.05. The van der Waals surface area contributed by atoms with Gasteiger partial charge in [0.05, 0.1) is 36.1 Å². The fraction of sp³-hybridized carbons (Fsp3) is 0.200. The molecule has 2 aromatic rings. The largest absolute Gasteiger partial charge is 0.345 e. The van der Waals surface area contributed by atoms with Gasteiger partial charge in [-0.15, -0.1) is 17.0 Å². The van der Waals surface area contributed by atoms with Gasteiger partial charge in [-0.3, -0.25) is 15.4 Å². The third-order valence-electron chi connectivity index (χ3n) is 2.38. The van der Waals surface area contributed by atoms with Crippen LogP contribution in [0.2, 0.25) is 0 Å². The lowest BCUT2D eigenvalue weighted by molar-refractivity contribution is 0.557. The van der Waals surface area contributed by atoms with E-state index in [1.807, 2.05) is 29.5 Å². The Morgan fingerprint density at radius 1 is 1.38 bits per heavy atom. The zero-order valence-electron chi connectivity index (χ0n) is 8.55. The van der Waals surface area contributed by atoms with Crippen LogP contribution in [0.5, 0.6) is 0 Å². The lowest BCUT2D eigenvalue weighted by Crippen LogP contribution is -2.26. The summed E-state index contributed by atoms with van der Waals surface area (Å²) in [6, 6.07) is 6.03. The molecular weight excluding hydrogens is 270 g/mol. The Balaban J connectivity index is 0.000000963. The third-order valence-corrected chi connectivity index (χ3v) is 2.38. The zero-order valence-corrected chi connectivity index (χ0v) is 10.3. The summed E-state index contributed by atoms with van der Waals surface area (Å²) in [6.07, 6.45) is 3.52. The molecule has 6 heteroatoms. The van der Waals surface area contributed by atoms with E-state index in [1.54, 1.807) is 6.33 Å². The summed E-state index contributed by atoms with van der Waals surface area (Å²) in [6.45, 7) is 1.78. The molecular formula is C10H12BrN5. The van der Waals surface area contributed by atoms with Gasteiger partial charge in [-0.1, -0.05) is 0 Å². The van der Waals surface area contributed by atoms with E-state index < -0.39 is 0 Å². The van der Waals surface area contributed by atoms with Crippen LogP contribution in [0.15, 0.2) is 29.5 Å². The van der Waals surface area contributed by atoms with E-state index in [9.17, 15) is 0 Å². The minimum Gasteiger partial charge on any atom is -0.345 e. The highest BCUT2D eigenvalue weighted by molar-refractivity contribution is 8.93. The second kappa shape index (κ2) is 4.52. The maximum absolute atomic E-state index is 4.17. The number of halogens is 1. The number of hydrogen-bond acceptors (Lipinski definition) is 4. The first-order chi connectivity index (χ1) is 7.42. The fourth-order valence-electron chi connectivity index (χ4n) is 1.64. The van der Waals surface area contributed by atoms with Crippen LogP contribution in [0.25, 0.3) is 11.0 Å². The van der Waals surface area contributed by atoms with Crippen molar-refractivity contribution in [3.63, 3.8) is 0 Å². The van der Waals surface area contributed by atoms with Gasteiger partial charge < -0.3 is 4.98 Å². The summed E-state index contributed by atoms with van der Waals surface area (Å²) in [5.41, 5.74) is 6.32. The number of anilines is 1. The molecule has 5 nitrogen and oxygen atoms in total. The molecule has 16 heavy (non-hydrogen) atoms. The van der Waals surface area contributed by atoms with Gasteiger partial charge >= 0.3 is 0 Å². The fourth-order valence-corrected chi connectivity index (χ4v) is 1.64. The number of hydrazine groups is 1. The number of aromatic nitrogens is 2. The lowest BCUT2D eigenvalue weighted by Gasteiger charge is -2.16. The summed E-state index contributed by atoms with van der Waals surface area (Å²) in [4.78, 5) is 11.4. The minimum absolute atomic E-state index is 0. The zero-order chi connectivity index (χ0) is 10.1. The maximum atomic E-state index is 4.17. The smallest absolute Gasteiger partial charge is 0.104 e. The topological polar surface area (TPSA) is 56.3 Å². The summed E-state index contributed by atoms with van der Waals surface area (Å²) in [5, 5.41) is 1.97. The second-order valence-electron chi connectivity index (χ2n) is 3.46. The first-order valence-corrected chi connectivity index (χ1v) is 4.88. The third kappa shape index (κ3) is 2.01. The molecule has 0 aliphatic carbocycles. The molecule has 0 fully saturated rings. The number of benzene rings is 1. The van der Waals surface area contributed by atoms with Gasteiger partial charge in [0.25, 0.3) is 0 Å². The van der Waals surface area contributed by atoms with Crippen LogP contribution in [0, 0.1) is 0 Å². The van der Waals surface area contributed by atoms with Gasteiger partial charge in [0.15, 0.2) is 0 Å². The van der Waals surface area contributed by atoms with Crippen molar-refractivity contribution in [2.24, 2.45) is 4.99 Å². The summed E-state index contributed by atoms with van der Waals surface area (Å²) in [7, 11) is 0. The molecule has 2 heterocycles. The first kappa shape index (κ1) is 10.9. The molecule has 0 spiro atoms. The van der Waals surface area contributed by atoms with Crippen molar-refractivity contribution in [3.05, 3.63) is 24.5 Å². The van der Waals surface area contributed by atoms with Gasteiger partial charge in [-0.2, -0.15) is 0 Å². The summed E-state index contributed by atoms with van der Waals surface area (Å²) < 4.78 is 0. The molecule has 84 valence electrons. The van der Waals surface area contributed by atoms with Gasteiger partial charge in [-0.25, -0.2) is 4.98 Å². The predicted octanol–water partition coefficient (Wildman–Crippen LogP) is 1.81. The van der Waals surface area contributed by atoms with Crippen LogP contribution in [0.1, 0.15) is 0 Å². The summed E-state index contributed by atoms with van der Waals surface area (Å²) >= 11 is 0. The average Bonchev–Trinajstić information content (AvgIpc) is 2.87. The molecule has 1 aromatic heterocycles. The highest BCUT2D eigenvalue weighted by atomic mass is 79.9. The second-order valence-corrected chi connectivity index (χ2v) is 3.46. The Kier molecular flexibility index (Phi) is 3.09. The average molecular weight is 282 g/mol. The van der Waals surface area contributed by atoms with Crippen LogP contribution in [0.4, 0.5) is 5.69 Å². The maximum Gasteiger partial charge on any atom is 0.104 e. The lowest BCUT2D eigenvalue weighted by atomic mass is 10.3. The Hall–Kier alpha value is -1.56. The predicted molar refractivity (Wildman–Crippen MR) is 70.1 cm³/mol. The molecule has 0 bridgehead atoms. The number of imidazole rings is 1. The molecule has 0 unspecified atom stereocenters. The summed E-state index contributed by atoms with van der Waals surface area (Å²) in [5.74, 6) is 0. The number of nitrogens with zero attached hydrogens (tertiary/aromatic N) is 3. The molecule has 1 aromatic carbocycles. The number of nitrogens with one attached hydrogen (secondary N) is 2. The number of aliphatic imine (C=N–C) groups is 1. The van der Waals surface area contributed by atoms with Gasteiger partial charge in [0.1, 0.15) is 6.34 Å². The van der Waals surface area contributed by atoms with Crippen LogP contribution in [-0.2, 0) is 0 Å². The molecule has 0 saturated carbocycles. The van der Waals surface area contributed by atoms with E-state index in [0.717, 1.165) is 29.8 Å². The number of fused-ring (bicyclic) bond motifs is 1. The van der Waals surface area contributed by atoms with Crippen molar-refractivity contribution in [2.45, 2.75) is 0 Å². The first-order valence-electron chi connectivity index (χ1n) is 4.88. The molecule has 1 aliphatic rings. The van der Waals surface area contributed by atoms with E-state index >= 15 is 0 Å². The number of rotatable bonds is 2. The van der Waals surface area contributed by atoms with Crippen molar-refractivity contribution < 1.29 is 0 Å². The Labute approximate surface area is 103 Å². The molecule has 0 atom stereocenters. The van der Waals surface area contributed by atoms with Crippen molar-refractivity contribution in [2.75, 3.05) is 18.5 Å². The molecule has 3 rings (SSSR count). The normalized spacial score (nSPS) is 14.1. The SMILES string of the molecule is Br.C1=NCCN1Nc1ccc2nc[nH]c2c1. The molecule has 1 aliphatic heterocycles. The van der Waals surface area contributed by atoms with Crippen LogP contribution >= 0.6 is 17.0 Å². The Morgan fingerprint density at radius 2 is 2.31 bits per heavy atom. The Bertz CT molecular complexity index is 507. The van der Waals surface area contributed by atoms with Crippen molar-refractivity contribution in [3.8, 4) is 0 Å². The van der Waals surface area contributed by atoms with Crippen LogP contribution in [0.3, 0.4) is 0 Å². The Morgan fingerprint density at radius 3 is 3.12 bits per heavy atom. The van der Waals surface area contributed by atoms with Gasteiger partial charge in [-0.05, 0) is 18.2 Å². The van der Waals surface area contributed by atoms with E-state index in [2.05, 4.69) is 20.4 Å². The minimum atomic E-state index is 0. The number of hydrogen-bond donors (Lipinski definition) is 2. The van der Waals surface area contributed by atoms with E-state index in [4.69, 9.17) is 0 Å². The van der Waals surface area contributed by atoms with E-state index in [0.29, 0.717) is 0 Å². The van der Waals surface area contributed by atoms with Crippen LogP contribution in [-0.4, -0.2) is 34.4 Å².